The van der Waals surface area contributed by atoms with Crippen molar-refractivity contribution >= 4 is 6.08 Å². The van der Waals surface area contributed by atoms with E-state index in [0.29, 0.717) is 12.3 Å². The molecule has 0 radical (unpaired) electrons. The van der Waals surface area contributed by atoms with E-state index in [1.54, 1.807) is 21.3 Å². The quantitative estimate of drug-likeness (QED) is 0.344. The van der Waals surface area contributed by atoms with E-state index in [1.165, 1.54) is 37.7 Å². The predicted molar refractivity (Wildman–Crippen MR) is 101 cm³/mol. The van der Waals surface area contributed by atoms with Crippen molar-refractivity contribution in [3.63, 3.8) is 0 Å². The first kappa shape index (κ1) is 20.9. The van der Waals surface area contributed by atoms with Gasteiger partial charge in [-0.1, -0.05) is 75.1 Å². The topological polar surface area (TPSA) is 27.7 Å². The van der Waals surface area contributed by atoms with Crippen LogP contribution in [0.5, 0.6) is 0 Å². The lowest BCUT2D eigenvalue weighted by atomic mass is 9.94. The molecular formula is C21H34O3. The Bertz CT molecular complexity index is 429. The first-order valence-electron chi connectivity index (χ1n) is 9.08. The van der Waals surface area contributed by atoms with E-state index in [0.717, 1.165) is 6.42 Å². The highest BCUT2D eigenvalue weighted by Crippen LogP contribution is 2.26. The van der Waals surface area contributed by atoms with Crippen molar-refractivity contribution in [2.45, 2.75) is 57.8 Å². The highest BCUT2D eigenvalue weighted by atomic mass is 16.9. The minimum atomic E-state index is -0.928. The molecule has 24 heavy (non-hydrogen) atoms. The molecule has 0 aliphatic heterocycles. The van der Waals surface area contributed by atoms with Gasteiger partial charge in [-0.25, -0.2) is 0 Å². The SMILES string of the molecule is CCCCCCC(C=Cc1ccccc1)CCC(OC)(OC)OC. The van der Waals surface area contributed by atoms with Gasteiger partial charge >= 0.3 is 0 Å². The van der Waals surface area contributed by atoms with Gasteiger partial charge in [0.25, 0.3) is 5.97 Å². The summed E-state index contributed by atoms with van der Waals surface area (Å²) in [5, 5.41) is 0. The van der Waals surface area contributed by atoms with Crippen molar-refractivity contribution in [3.8, 4) is 0 Å². The molecule has 0 aliphatic carbocycles. The first-order valence-corrected chi connectivity index (χ1v) is 9.08. The molecule has 0 spiro atoms. The standard InChI is InChI=1S/C21H34O3/c1-5-6-7-9-14-20(16-15-19-12-10-8-11-13-19)17-18-21(22-2,23-3)24-4/h8,10-13,15-16,20H,5-7,9,14,17-18H2,1-4H3. The van der Waals surface area contributed by atoms with Gasteiger partial charge in [0.2, 0.25) is 0 Å². The number of allylic oxidation sites excluding steroid dienone is 1. The first-order chi connectivity index (χ1) is 11.7. The molecule has 0 bridgehead atoms. The van der Waals surface area contributed by atoms with Crippen LogP contribution < -0.4 is 0 Å². The normalized spacial score (nSPS) is 13.5. The largest absolute Gasteiger partial charge is 0.331 e. The minimum Gasteiger partial charge on any atom is -0.331 e. The zero-order valence-electron chi connectivity index (χ0n) is 15.8. The second-order valence-corrected chi connectivity index (χ2v) is 6.21. The lowest BCUT2D eigenvalue weighted by Gasteiger charge is -2.29. The van der Waals surface area contributed by atoms with Crippen molar-refractivity contribution in [2.75, 3.05) is 21.3 Å². The second-order valence-electron chi connectivity index (χ2n) is 6.21. The van der Waals surface area contributed by atoms with Crippen molar-refractivity contribution < 1.29 is 14.2 Å². The third-order valence-corrected chi connectivity index (χ3v) is 4.54. The summed E-state index contributed by atoms with van der Waals surface area (Å²) in [5.41, 5.74) is 1.24. The fourth-order valence-electron chi connectivity index (χ4n) is 2.90. The van der Waals surface area contributed by atoms with Crippen LogP contribution in [0.4, 0.5) is 0 Å². The lowest BCUT2D eigenvalue weighted by Crippen LogP contribution is -2.36. The summed E-state index contributed by atoms with van der Waals surface area (Å²) < 4.78 is 16.3. The Morgan fingerprint density at radius 3 is 2.17 bits per heavy atom. The van der Waals surface area contributed by atoms with Crippen molar-refractivity contribution in [1.29, 1.82) is 0 Å². The second kappa shape index (κ2) is 12.2. The summed E-state index contributed by atoms with van der Waals surface area (Å²) in [4.78, 5) is 0. The molecule has 0 saturated heterocycles. The lowest BCUT2D eigenvalue weighted by molar-refractivity contribution is -0.355. The number of ether oxygens (including phenoxy) is 3. The molecule has 136 valence electrons. The van der Waals surface area contributed by atoms with Crippen LogP contribution in [0.15, 0.2) is 36.4 Å². The van der Waals surface area contributed by atoms with Gasteiger partial charge in [-0.2, -0.15) is 0 Å². The molecule has 0 fully saturated rings. The molecule has 0 saturated carbocycles. The molecule has 1 unspecified atom stereocenters. The highest BCUT2D eigenvalue weighted by molar-refractivity contribution is 5.48. The molecule has 3 heteroatoms. The third kappa shape index (κ3) is 7.61. The predicted octanol–water partition coefficient (Wildman–Crippen LogP) is 5.66. The van der Waals surface area contributed by atoms with Gasteiger partial charge in [0.1, 0.15) is 0 Å². The summed E-state index contributed by atoms with van der Waals surface area (Å²) >= 11 is 0. The summed E-state index contributed by atoms with van der Waals surface area (Å²) in [5.74, 6) is -0.427. The van der Waals surface area contributed by atoms with Crippen LogP contribution in [0.1, 0.15) is 57.4 Å². The molecule has 0 amide bonds. The molecule has 1 aromatic rings. The minimum absolute atomic E-state index is 0.502. The Balaban J connectivity index is 2.64. The van der Waals surface area contributed by atoms with Gasteiger partial charge in [-0.3, -0.25) is 0 Å². The number of hydrogen-bond acceptors (Lipinski definition) is 3. The molecular weight excluding hydrogens is 300 g/mol. The van der Waals surface area contributed by atoms with E-state index in [1.807, 2.05) is 6.07 Å². The average Bonchev–Trinajstić information content (AvgIpc) is 2.64. The van der Waals surface area contributed by atoms with Crippen LogP contribution in [0.25, 0.3) is 6.08 Å². The number of hydrogen-bond donors (Lipinski definition) is 0. The zero-order chi connectivity index (χ0) is 17.7. The van der Waals surface area contributed by atoms with Crippen molar-refractivity contribution in [3.05, 3.63) is 42.0 Å². The Kier molecular flexibility index (Phi) is 10.6. The zero-order valence-corrected chi connectivity index (χ0v) is 15.8. The molecule has 1 rings (SSSR count). The molecule has 0 heterocycles. The summed E-state index contributed by atoms with van der Waals surface area (Å²) in [6.07, 6.45) is 12.6. The van der Waals surface area contributed by atoms with Crippen LogP contribution in [-0.2, 0) is 14.2 Å². The van der Waals surface area contributed by atoms with Crippen LogP contribution in [0.3, 0.4) is 0 Å². The van der Waals surface area contributed by atoms with E-state index >= 15 is 0 Å². The molecule has 0 aliphatic rings. The molecule has 1 atom stereocenters. The van der Waals surface area contributed by atoms with Gasteiger partial charge in [0.05, 0.1) is 0 Å². The molecule has 1 aromatic carbocycles. The molecule has 0 aromatic heterocycles. The Labute approximate surface area is 148 Å². The monoisotopic (exact) mass is 334 g/mol. The smallest absolute Gasteiger partial charge is 0.282 e. The summed E-state index contributed by atoms with van der Waals surface area (Å²) in [6.45, 7) is 2.25. The number of benzene rings is 1. The molecule has 0 N–H and O–H groups in total. The maximum absolute atomic E-state index is 5.42. The van der Waals surface area contributed by atoms with Gasteiger partial charge in [0.15, 0.2) is 0 Å². The number of unbranched alkanes of at least 4 members (excludes halogenated alkanes) is 3. The van der Waals surface area contributed by atoms with Crippen LogP contribution in [-0.4, -0.2) is 27.3 Å². The van der Waals surface area contributed by atoms with Crippen LogP contribution in [0.2, 0.25) is 0 Å². The average molecular weight is 335 g/mol. The van der Waals surface area contributed by atoms with E-state index < -0.39 is 5.97 Å². The fourth-order valence-corrected chi connectivity index (χ4v) is 2.90. The highest BCUT2D eigenvalue weighted by Gasteiger charge is 2.29. The van der Waals surface area contributed by atoms with Crippen molar-refractivity contribution in [1.82, 2.24) is 0 Å². The maximum Gasteiger partial charge on any atom is 0.282 e. The number of methoxy groups -OCH3 is 3. The molecule has 3 nitrogen and oxygen atoms in total. The van der Waals surface area contributed by atoms with E-state index in [-0.39, 0.29) is 0 Å². The van der Waals surface area contributed by atoms with Gasteiger partial charge in [-0.15, -0.1) is 0 Å². The Morgan fingerprint density at radius 2 is 1.58 bits per heavy atom. The maximum atomic E-state index is 5.42. The summed E-state index contributed by atoms with van der Waals surface area (Å²) in [6, 6.07) is 10.5. The number of rotatable bonds is 13. The Hall–Kier alpha value is -1.16. The van der Waals surface area contributed by atoms with E-state index in [4.69, 9.17) is 14.2 Å². The van der Waals surface area contributed by atoms with Gasteiger partial charge in [-0.05, 0) is 24.3 Å². The van der Waals surface area contributed by atoms with E-state index in [9.17, 15) is 0 Å². The third-order valence-electron chi connectivity index (χ3n) is 4.54. The van der Waals surface area contributed by atoms with Gasteiger partial charge in [0, 0.05) is 27.8 Å². The fraction of sp³-hybridized carbons (Fsp3) is 0.619. The van der Waals surface area contributed by atoms with Crippen molar-refractivity contribution in [2.24, 2.45) is 5.92 Å². The van der Waals surface area contributed by atoms with Gasteiger partial charge < -0.3 is 14.2 Å². The van der Waals surface area contributed by atoms with Crippen LogP contribution in [0, 0.1) is 5.92 Å². The van der Waals surface area contributed by atoms with E-state index in [2.05, 4.69) is 43.3 Å². The Morgan fingerprint density at radius 1 is 0.917 bits per heavy atom. The van der Waals surface area contributed by atoms with Crippen LogP contribution >= 0.6 is 0 Å². The summed E-state index contributed by atoms with van der Waals surface area (Å²) in [7, 11) is 4.88.